The van der Waals surface area contributed by atoms with Crippen molar-refractivity contribution < 1.29 is 18.4 Å². The molecule has 1 aromatic heterocycles. The number of rotatable bonds is 4. The van der Waals surface area contributed by atoms with Gasteiger partial charge in [0, 0.05) is 5.56 Å². The van der Waals surface area contributed by atoms with Crippen molar-refractivity contribution in [3.8, 4) is 11.5 Å². The maximum atomic E-state index is 13.0. The van der Waals surface area contributed by atoms with Crippen molar-refractivity contribution in [3.63, 3.8) is 0 Å². The molecule has 0 radical (unpaired) electrons. The number of aromatic nitrogens is 2. The van der Waals surface area contributed by atoms with Gasteiger partial charge in [0.15, 0.2) is 0 Å². The average Bonchev–Trinajstić information content (AvgIpc) is 3.16. The smallest absolute Gasteiger partial charge is 0.277 e. The van der Waals surface area contributed by atoms with Gasteiger partial charge in [-0.25, -0.2) is 4.39 Å². The van der Waals surface area contributed by atoms with E-state index in [1.54, 1.807) is 32.0 Å². The molecular formula is C20H17FN4O3S. The van der Waals surface area contributed by atoms with Gasteiger partial charge in [-0.1, -0.05) is 23.9 Å². The molecule has 0 saturated heterocycles. The first-order valence-electron chi connectivity index (χ1n) is 8.82. The molecule has 2 amide bonds. The fourth-order valence-electron chi connectivity index (χ4n) is 3.06. The second-order valence-electron chi connectivity index (χ2n) is 6.93. The molecule has 0 atom stereocenters. The van der Waals surface area contributed by atoms with Crippen LogP contribution in [0.4, 0.5) is 15.8 Å². The summed E-state index contributed by atoms with van der Waals surface area (Å²) in [6.07, 6.45) is 0. The summed E-state index contributed by atoms with van der Waals surface area (Å²) in [5.41, 5.74) is 0.770. The Bertz CT molecular complexity index is 1080. The number of benzene rings is 2. The third-order valence-corrected chi connectivity index (χ3v) is 5.38. The Morgan fingerprint density at radius 1 is 1.17 bits per heavy atom. The highest BCUT2D eigenvalue weighted by molar-refractivity contribution is 7.99. The van der Waals surface area contributed by atoms with Crippen LogP contribution in [-0.2, 0) is 9.59 Å². The van der Waals surface area contributed by atoms with E-state index in [2.05, 4.69) is 15.5 Å². The minimum absolute atomic E-state index is 0.0100. The summed E-state index contributed by atoms with van der Waals surface area (Å²) in [5, 5.41) is 10.9. The van der Waals surface area contributed by atoms with Gasteiger partial charge in [0.05, 0.1) is 17.1 Å². The van der Waals surface area contributed by atoms with Crippen molar-refractivity contribution in [1.82, 2.24) is 10.2 Å². The lowest BCUT2D eigenvalue weighted by molar-refractivity contribution is -0.125. The van der Waals surface area contributed by atoms with Crippen LogP contribution in [0.2, 0.25) is 0 Å². The van der Waals surface area contributed by atoms with Gasteiger partial charge in [-0.05, 0) is 50.2 Å². The lowest BCUT2D eigenvalue weighted by Crippen LogP contribution is -2.58. The number of thioether (sulfide) groups is 1. The molecular weight excluding hydrogens is 395 g/mol. The molecule has 0 fully saturated rings. The maximum Gasteiger partial charge on any atom is 0.277 e. The number of anilines is 2. The van der Waals surface area contributed by atoms with Crippen LogP contribution in [0.15, 0.2) is 58.2 Å². The number of nitrogens with zero attached hydrogens (tertiary/aromatic N) is 3. The van der Waals surface area contributed by atoms with Crippen molar-refractivity contribution in [2.45, 2.75) is 24.6 Å². The summed E-state index contributed by atoms with van der Waals surface area (Å²) in [4.78, 5) is 27.0. The van der Waals surface area contributed by atoms with Gasteiger partial charge in [-0.3, -0.25) is 14.5 Å². The summed E-state index contributed by atoms with van der Waals surface area (Å²) in [6, 6.07) is 12.8. The predicted octanol–water partition coefficient (Wildman–Crippen LogP) is 3.73. The quantitative estimate of drug-likeness (QED) is 0.657. The third-order valence-electron chi connectivity index (χ3n) is 4.57. The molecule has 4 rings (SSSR count). The number of para-hydroxylation sites is 2. The Hall–Kier alpha value is -3.20. The van der Waals surface area contributed by atoms with E-state index < -0.39 is 5.54 Å². The first-order valence-corrected chi connectivity index (χ1v) is 9.80. The van der Waals surface area contributed by atoms with Crippen molar-refractivity contribution >= 4 is 35.0 Å². The van der Waals surface area contributed by atoms with Crippen LogP contribution >= 0.6 is 11.8 Å². The van der Waals surface area contributed by atoms with E-state index in [0.29, 0.717) is 16.9 Å². The van der Waals surface area contributed by atoms with Crippen molar-refractivity contribution in [1.29, 1.82) is 0 Å². The highest BCUT2D eigenvalue weighted by atomic mass is 32.2. The second kappa shape index (κ2) is 7.32. The first-order chi connectivity index (χ1) is 13.9. The van der Waals surface area contributed by atoms with Crippen LogP contribution in [0.3, 0.4) is 0 Å². The van der Waals surface area contributed by atoms with Crippen LogP contribution in [0.5, 0.6) is 0 Å². The Kier molecular flexibility index (Phi) is 4.83. The van der Waals surface area contributed by atoms with Gasteiger partial charge in [0.1, 0.15) is 11.4 Å². The highest BCUT2D eigenvalue weighted by Gasteiger charge is 2.43. The summed E-state index contributed by atoms with van der Waals surface area (Å²) in [5.74, 6) is -0.629. The fourth-order valence-corrected chi connectivity index (χ4v) is 3.68. The normalized spacial score (nSPS) is 15.0. The van der Waals surface area contributed by atoms with E-state index in [0.717, 1.165) is 11.8 Å². The molecule has 0 aliphatic carbocycles. The third kappa shape index (κ3) is 3.61. The molecule has 9 heteroatoms. The van der Waals surface area contributed by atoms with Gasteiger partial charge < -0.3 is 9.73 Å². The fraction of sp³-hybridized carbons (Fsp3) is 0.200. The number of amides is 2. The lowest BCUT2D eigenvalue weighted by atomic mass is 9.96. The van der Waals surface area contributed by atoms with Gasteiger partial charge in [0.25, 0.3) is 5.22 Å². The number of hydrogen-bond acceptors (Lipinski definition) is 6. The first kappa shape index (κ1) is 19.1. The Balaban J connectivity index is 1.51. The number of halogens is 1. The number of carbonyl (C=O) groups excluding carboxylic acids is 2. The zero-order chi connectivity index (χ0) is 20.6. The van der Waals surface area contributed by atoms with Crippen molar-refractivity contribution in [3.05, 3.63) is 54.3 Å². The van der Waals surface area contributed by atoms with E-state index in [1.165, 1.54) is 29.2 Å². The minimum atomic E-state index is -1.04. The van der Waals surface area contributed by atoms with Crippen LogP contribution in [0, 0.1) is 5.82 Å². The lowest BCUT2D eigenvalue weighted by Gasteiger charge is -2.42. The average molecular weight is 412 g/mol. The molecule has 3 aromatic rings. The van der Waals surface area contributed by atoms with E-state index in [9.17, 15) is 14.0 Å². The van der Waals surface area contributed by atoms with Gasteiger partial charge in [-0.15, -0.1) is 10.2 Å². The molecule has 2 heterocycles. The highest BCUT2D eigenvalue weighted by Crippen LogP contribution is 2.37. The van der Waals surface area contributed by atoms with E-state index in [4.69, 9.17) is 4.42 Å². The minimum Gasteiger partial charge on any atom is -0.411 e. The molecule has 0 saturated carbocycles. The maximum absolute atomic E-state index is 13.0. The van der Waals surface area contributed by atoms with Gasteiger partial charge in [-0.2, -0.15) is 0 Å². The van der Waals surface area contributed by atoms with Crippen LogP contribution in [0.1, 0.15) is 13.8 Å². The summed E-state index contributed by atoms with van der Waals surface area (Å²) >= 11 is 1.08. The number of hydrogen-bond donors (Lipinski definition) is 1. The molecule has 7 nitrogen and oxygen atoms in total. The zero-order valence-electron chi connectivity index (χ0n) is 15.7. The van der Waals surface area contributed by atoms with Gasteiger partial charge >= 0.3 is 0 Å². The summed E-state index contributed by atoms with van der Waals surface area (Å²) in [6.45, 7) is 3.39. The van der Waals surface area contributed by atoms with Gasteiger partial charge in [0.2, 0.25) is 17.7 Å². The molecule has 1 N–H and O–H groups in total. The topological polar surface area (TPSA) is 88.3 Å². The Morgan fingerprint density at radius 2 is 1.90 bits per heavy atom. The van der Waals surface area contributed by atoms with Crippen LogP contribution in [-0.4, -0.2) is 33.3 Å². The molecule has 2 aromatic carbocycles. The Labute approximate surface area is 170 Å². The SMILES string of the molecule is CC1(C)C(=O)Nc2ccccc2N1C(=O)CSc1nnc(-c2ccc(F)cc2)o1. The van der Waals surface area contributed by atoms with E-state index in [1.807, 2.05) is 6.07 Å². The van der Waals surface area contributed by atoms with E-state index in [-0.39, 0.29) is 34.5 Å². The standard InChI is InChI=1S/C20H17FN4O3S/c1-20(2)18(27)22-14-5-3-4-6-15(14)25(20)16(26)11-29-19-24-23-17(28-19)12-7-9-13(21)10-8-12/h3-10H,11H2,1-2H3,(H,22,27). The predicted molar refractivity (Wildman–Crippen MR) is 107 cm³/mol. The molecule has 0 unspecified atom stereocenters. The van der Waals surface area contributed by atoms with Crippen molar-refractivity contribution in [2.24, 2.45) is 0 Å². The zero-order valence-corrected chi connectivity index (χ0v) is 16.5. The van der Waals surface area contributed by atoms with Crippen LogP contribution in [0.25, 0.3) is 11.5 Å². The molecule has 1 aliphatic rings. The van der Waals surface area contributed by atoms with E-state index >= 15 is 0 Å². The molecule has 1 aliphatic heterocycles. The number of nitrogens with one attached hydrogen (secondary N) is 1. The van der Waals surface area contributed by atoms with Crippen molar-refractivity contribution in [2.75, 3.05) is 16.0 Å². The number of fused-ring (bicyclic) bond motifs is 1. The largest absolute Gasteiger partial charge is 0.411 e. The Morgan fingerprint density at radius 3 is 2.66 bits per heavy atom. The molecule has 0 bridgehead atoms. The number of carbonyl (C=O) groups is 2. The molecule has 0 spiro atoms. The monoisotopic (exact) mass is 412 g/mol. The molecule has 29 heavy (non-hydrogen) atoms. The summed E-state index contributed by atoms with van der Waals surface area (Å²) in [7, 11) is 0. The molecule has 148 valence electrons. The summed E-state index contributed by atoms with van der Waals surface area (Å²) < 4.78 is 18.6. The van der Waals surface area contributed by atoms with Crippen LogP contribution < -0.4 is 10.2 Å². The second-order valence-corrected chi connectivity index (χ2v) is 7.85.